The van der Waals surface area contributed by atoms with Gasteiger partial charge in [0, 0.05) is 28.9 Å². The van der Waals surface area contributed by atoms with Gasteiger partial charge in [-0.3, -0.25) is 0 Å². The van der Waals surface area contributed by atoms with Gasteiger partial charge in [-0.15, -0.1) is 0 Å². The largest absolute Gasteiger partial charge is 0.462 e. The van der Waals surface area contributed by atoms with Gasteiger partial charge in [0.1, 0.15) is 24.7 Å². The zero-order chi connectivity index (χ0) is 47.9. The van der Waals surface area contributed by atoms with E-state index < -0.39 is 41.4 Å². The van der Waals surface area contributed by atoms with Crippen LogP contribution in [0.15, 0.2) is 109 Å². The van der Waals surface area contributed by atoms with Gasteiger partial charge in [-0.2, -0.15) is 17.6 Å². The predicted octanol–water partition coefficient (Wildman–Crippen LogP) is 13.3. The third kappa shape index (κ3) is 15.6. The summed E-state index contributed by atoms with van der Waals surface area (Å²) in [6.45, 7) is 3.83. The lowest BCUT2D eigenvalue weighted by molar-refractivity contribution is -0.225. The SMILES string of the molecule is CCCC1CCCC(C(F)(F)Oc2ccc(/C=C/C(=O)OCC(COC(=O)/C=C/c3ccc(OC(F)(F)C4CCCC(CCC)C4)cc3)(Cc3ccc(N)cc3)Cc3ccc(N)cc3)cc2)C1. The zero-order valence-electron chi connectivity index (χ0n) is 38.8. The molecule has 4 atom stereocenters. The summed E-state index contributed by atoms with van der Waals surface area (Å²) in [4.78, 5) is 26.7. The Morgan fingerprint density at radius 2 is 0.940 bits per heavy atom. The molecular formula is C55H66F4N2O6. The molecule has 2 fully saturated rings. The molecule has 2 saturated carbocycles. The number of alkyl halides is 4. The molecule has 8 nitrogen and oxygen atoms in total. The van der Waals surface area contributed by atoms with Gasteiger partial charge in [-0.25, -0.2) is 9.59 Å². The Morgan fingerprint density at radius 1 is 0.567 bits per heavy atom. The van der Waals surface area contributed by atoms with Crippen molar-refractivity contribution in [2.24, 2.45) is 29.1 Å². The molecule has 0 radical (unpaired) electrons. The Labute approximate surface area is 393 Å². The number of carbonyl (C=O) groups excluding carboxylic acids is 2. The van der Waals surface area contributed by atoms with Gasteiger partial charge in [0.2, 0.25) is 0 Å². The number of rotatable bonds is 22. The van der Waals surface area contributed by atoms with E-state index in [1.165, 1.54) is 48.6 Å². The highest BCUT2D eigenvalue weighted by atomic mass is 19.3. The maximum atomic E-state index is 15.2. The number of anilines is 2. The summed E-state index contributed by atoms with van der Waals surface area (Å²) in [5.41, 5.74) is 15.0. The number of ether oxygens (including phenoxy) is 4. The molecule has 0 saturated heterocycles. The summed E-state index contributed by atoms with van der Waals surface area (Å²) < 4.78 is 83.1. The van der Waals surface area contributed by atoms with Gasteiger partial charge in [-0.1, -0.05) is 114 Å². The van der Waals surface area contributed by atoms with Crippen molar-refractivity contribution in [1.82, 2.24) is 0 Å². The molecule has 0 bridgehead atoms. The number of carbonyl (C=O) groups is 2. The first kappa shape index (κ1) is 50.6. The van der Waals surface area contributed by atoms with Crippen molar-refractivity contribution in [2.45, 2.75) is 116 Å². The molecule has 2 aliphatic rings. The summed E-state index contributed by atoms with van der Waals surface area (Å²) in [7, 11) is 0. The maximum absolute atomic E-state index is 15.2. The average molecular weight is 927 g/mol. The van der Waals surface area contributed by atoms with Crippen LogP contribution in [-0.4, -0.2) is 37.4 Å². The first-order valence-electron chi connectivity index (χ1n) is 23.8. The molecule has 4 unspecified atom stereocenters. The molecule has 4 aromatic carbocycles. The monoisotopic (exact) mass is 926 g/mol. The normalized spacial score (nSPS) is 19.3. The lowest BCUT2D eigenvalue weighted by Crippen LogP contribution is -2.38. The molecule has 0 aromatic heterocycles. The Kier molecular flexibility index (Phi) is 18.0. The second kappa shape index (κ2) is 23.8. The van der Waals surface area contributed by atoms with Crippen LogP contribution in [0, 0.1) is 29.1 Å². The molecular weight excluding hydrogens is 861 g/mol. The number of nitrogen functional groups attached to an aromatic ring is 2. The highest BCUT2D eigenvalue weighted by molar-refractivity contribution is 5.87. The van der Waals surface area contributed by atoms with Gasteiger partial charge >= 0.3 is 24.2 Å². The van der Waals surface area contributed by atoms with Gasteiger partial charge in [-0.05, 0) is 133 Å². The van der Waals surface area contributed by atoms with E-state index in [1.807, 2.05) is 24.3 Å². The predicted molar refractivity (Wildman–Crippen MR) is 256 cm³/mol. The van der Waals surface area contributed by atoms with E-state index in [0.717, 1.165) is 62.5 Å². The highest BCUT2D eigenvalue weighted by Gasteiger charge is 2.45. The molecule has 4 N–H and O–H groups in total. The van der Waals surface area contributed by atoms with Crippen molar-refractivity contribution in [1.29, 1.82) is 0 Å². The molecule has 12 heteroatoms. The van der Waals surface area contributed by atoms with Gasteiger partial charge in [0.25, 0.3) is 0 Å². The summed E-state index contributed by atoms with van der Waals surface area (Å²) >= 11 is 0. The van der Waals surface area contributed by atoms with Crippen LogP contribution >= 0.6 is 0 Å². The second-order valence-electron chi connectivity index (χ2n) is 18.7. The Hall–Kier alpha value is -5.78. The van der Waals surface area contributed by atoms with E-state index >= 15 is 17.6 Å². The minimum atomic E-state index is -3.29. The molecule has 67 heavy (non-hydrogen) atoms. The second-order valence-corrected chi connectivity index (χ2v) is 18.7. The summed E-state index contributed by atoms with van der Waals surface area (Å²) in [6.07, 6.45) is 8.69. The van der Waals surface area contributed by atoms with E-state index in [9.17, 15) is 9.59 Å². The van der Waals surface area contributed by atoms with Crippen molar-refractivity contribution >= 4 is 35.5 Å². The van der Waals surface area contributed by atoms with E-state index in [1.54, 1.807) is 48.5 Å². The highest BCUT2D eigenvalue weighted by Crippen LogP contribution is 2.43. The molecule has 4 aromatic rings. The number of nitrogens with two attached hydrogens (primary N) is 2. The number of benzene rings is 4. The topological polar surface area (TPSA) is 123 Å². The molecule has 2 aliphatic carbocycles. The van der Waals surface area contributed by atoms with Crippen LogP contribution in [0.5, 0.6) is 11.5 Å². The summed E-state index contributed by atoms with van der Waals surface area (Å²) in [6, 6.07) is 26.7. The van der Waals surface area contributed by atoms with Crippen LogP contribution in [0.4, 0.5) is 28.9 Å². The average Bonchev–Trinajstić information content (AvgIpc) is 3.31. The molecule has 6 rings (SSSR count). The summed E-state index contributed by atoms with van der Waals surface area (Å²) in [5.74, 6) is -2.33. The van der Waals surface area contributed by atoms with Crippen LogP contribution in [0.2, 0.25) is 0 Å². The van der Waals surface area contributed by atoms with Crippen LogP contribution in [-0.2, 0) is 31.9 Å². The zero-order valence-corrected chi connectivity index (χ0v) is 38.8. The van der Waals surface area contributed by atoms with Gasteiger partial charge in [0.05, 0.1) is 11.8 Å². The van der Waals surface area contributed by atoms with Crippen molar-refractivity contribution < 1.29 is 46.1 Å². The fourth-order valence-corrected chi connectivity index (χ4v) is 9.63. The van der Waals surface area contributed by atoms with E-state index in [-0.39, 0.29) is 24.7 Å². The van der Waals surface area contributed by atoms with E-state index in [2.05, 4.69) is 13.8 Å². The van der Waals surface area contributed by atoms with Crippen LogP contribution in [0.3, 0.4) is 0 Å². The van der Waals surface area contributed by atoms with Crippen LogP contribution in [0.25, 0.3) is 12.2 Å². The smallest absolute Gasteiger partial charge is 0.400 e. The fourth-order valence-electron chi connectivity index (χ4n) is 9.63. The molecule has 360 valence electrons. The maximum Gasteiger partial charge on any atom is 0.400 e. The van der Waals surface area contributed by atoms with Crippen molar-refractivity contribution in [3.8, 4) is 11.5 Å². The minimum Gasteiger partial charge on any atom is -0.462 e. The number of halogens is 4. The summed E-state index contributed by atoms with van der Waals surface area (Å²) in [5, 5.41) is 0. The fraction of sp³-hybridized carbons (Fsp3) is 0.455. The molecule has 0 amide bonds. The third-order valence-electron chi connectivity index (χ3n) is 13.2. The first-order valence-corrected chi connectivity index (χ1v) is 23.8. The molecule has 0 heterocycles. The third-order valence-corrected chi connectivity index (χ3v) is 13.2. The minimum absolute atomic E-state index is 0.0436. The lowest BCUT2D eigenvalue weighted by Gasteiger charge is -2.33. The number of esters is 2. The van der Waals surface area contributed by atoms with Crippen molar-refractivity contribution in [3.63, 3.8) is 0 Å². The Bertz CT molecular complexity index is 2070. The van der Waals surface area contributed by atoms with Crippen LogP contribution < -0.4 is 20.9 Å². The molecule has 0 aliphatic heterocycles. The van der Waals surface area contributed by atoms with Gasteiger partial charge in [0.15, 0.2) is 0 Å². The van der Waals surface area contributed by atoms with Gasteiger partial charge < -0.3 is 30.4 Å². The Morgan fingerprint density at radius 3 is 1.30 bits per heavy atom. The lowest BCUT2D eigenvalue weighted by atomic mass is 9.77. The first-order chi connectivity index (χ1) is 32.1. The van der Waals surface area contributed by atoms with Crippen molar-refractivity contribution in [2.75, 3.05) is 24.7 Å². The van der Waals surface area contributed by atoms with Crippen molar-refractivity contribution in [3.05, 3.63) is 131 Å². The number of hydrogen-bond acceptors (Lipinski definition) is 8. The molecule has 0 spiro atoms. The van der Waals surface area contributed by atoms with Crippen LogP contribution in [0.1, 0.15) is 113 Å². The number of hydrogen-bond donors (Lipinski definition) is 2. The Balaban J connectivity index is 1.11. The van der Waals surface area contributed by atoms with E-state index in [0.29, 0.717) is 72.9 Å². The quantitative estimate of drug-likeness (QED) is 0.0346. The standard InChI is InChI=1S/C55H66F4N2O6/c1-3-7-41-9-5-11-45(33-41)54(56,57)66-49-27-17-39(18-28-49)21-31-51(62)64-37-53(35-43-13-23-47(60)24-14-43,36-44-15-25-48(61)26-16-44)38-65-52(63)32-22-40-19-29-50(30-20-40)67-55(58,59)46-12-6-10-42(34-46)8-4-2/h13-32,41-42,45-46H,3-12,33-38,60-61H2,1-2H3/b31-21+,32-22+. The van der Waals surface area contributed by atoms with E-state index in [4.69, 9.17) is 30.4 Å².